The van der Waals surface area contributed by atoms with E-state index in [2.05, 4.69) is 10.6 Å². The zero-order valence-electron chi connectivity index (χ0n) is 16.6. The first-order valence-electron chi connectivity index (χ1n) is 9.11. The van der Waals surface area contributed by atoms with Crippen LogP contribution in [0.1, 0.15) is 34.1 Å². The zero-order valence-corrected chi connectivity index (χ0v) is 16.6. The van der Waals surface area contributed by atoms with Crippen molar-refractivity contribution < 1.29 is 34.5 Å². The number of hydrogen-bond donors (Lipinski definition) is 7. The van der Waals surface area contributed by atoms with Crippen molar-refractivity contribution in [2.45, 2.75) is 58.3 Å². The number of carboxylic acid groups (broad SMARTS) is 1. The van der Waals surface area contributed by atoms with Crippen molar-refractivity contribution in [1.82, 2.24) is 16.0 Å². The van der Waals surface area contributed by atoms with Crippen LogP contribution < -0.4 is 21.7 Å². The van der Waals surface area contributed by atoms with Gasteiger partial charge in [0, 0.05) is 0 Å². The van der Waals surface area contributed by atoms with Crippen molar-refractivity contribution in [3.05, 3.63) is 0 Å². The Morgan fingerprint density at radius 1 is 0.857 bits per heavy atom. The molecule has 0 aromatic heterocycles. The number of amides is 3. The van der Waals surface area contributed by atoms with Crippen LogP contribution in [0, 0.1) is 11.8 Å². The number of nitrogens with two attached hydrogens (primary N) is 1. The molecule has 3 amide bonds. The molecule has 0 aromatic carbocycles. The van der Waals surface area contributed by atoms with Crippen molar-refractivity contribution in [3.63, 3.8) is 0 Å². The highest BCUT2D eigenvalue weighted by atomic mass is 16.4. The van der Waals surface area contributed by atoms with E-state index in [1.54, 1.807) is 20.8 Å². The summed E-state index contributed by atoms with van der Waals surface area (Å²) in [5.74, 6) is -4.13. The Kier molecular flexibility index (Phi) is 11.3. The van der Waals surface area contributed by atoms with Gasteiger partial charge in [0.2, 0.25) is 17.7 Å². The van der Waals surface area contributed by atoms with E-state index in [-0.39, 0.29) is 11.8 Å². The molecule has 11 nitrogen and oxygen atoms in total. The summed E-state index contributed by atoms with van der Waals surface area (Å²) in [6.45, 7) is 5.40. The van der Waals surface area contributed by atoms with Crippen LogP contribution in [0.3, 0.4) is 0 Å². The van der Waals surface area contributed by atoms with Gasteiger partial charge in [-0.25, -0.2) is 4.79 Å². The van der Waals surface area contributed by atoms with Gasteiger partial charge in [-0.15, -0.1) is 0 Å². The topological polar surface area (TPSA) is 191 Å². The number of aliphatic carboxylic acids is 1. The average molecular weight is 404 g/mol. The third-order valence-corrected chi connectivity index (χ3v) is 4.43. The Labute approximate surface area is 164 Å². The molecule has 0 radical (unpaired) electrons. The molecule has 162 valence electrons. The first-order valence-corrected chi connectivity index (χ1v) is 9.11. The number of hydrogen-bond acceptors (Lipinski definition) is 7. The quantitative estimate of drug-likeness (QED) is 0.186. The van der Waals surface area contributed by atoms with E-state index in [0.717, 1.165) is 0 Å². The van der Waals surface area contributed by atoms with Crippen LogP contribution in [0.5, 0.6) is 0 Å². The third-order valence-electron chi connectivity index (χ3n) is 4.43. The molecule has 0 rings (SSSR count). The number of aliphatic hydroxyl groups is 2. The van der Waals surface area contributed by atoms with Crippen LogP contribution in [0.25, 0.3) is 0 Å². The number of carbonyl (C=O) groups excluding carboxylic acids is 3. The summed E-state index contributed by atoms with van der Waals surface area (Å²) in [5.41, 5.74) is 5.80. The molecule has 0 aromatic rings. The molecular weight excluding hydrogens is 372 g/mol. The van der Waals surface area contributed by atoms with E-state index in [9.17, 15) is 24.3 Å². The van der Waals surface area contributed by atoms with Crippen LogP contribution >= 0.6 is 0 Å². The Bertz CT molecular complexity index is 556. The van der Waals surface area contributed by atoms with E-state index in [4.69, 9.17) is 15.9 Å². The van der Waals surface area contributed by atoms with E-state index >= 15 is 0 Å². The minimum Gasteiger partial charge on any atom is -0.480 e. The van der Waals surface area contributed by atoms with Crippen molar-refractivity contribution >= 4 is 23.7 Å². The van der Waals surface area contributed by atoms with Gasteiger partial charge in [0.1, 0.15) is 18.1 Å². The number of aliphatic hydroxyl groups excluding tert-OH is 2. The number of carboxylic acids is 1. The Hall–Kier alpha value is -2.24. The molecular formula is C17H32N4O7. The van der Waals surface area contributed by atoms with Crippen molar-refractivity contribution in [1.29, 1.82) is 0 Å². The minimum absolute atomic E-state index is 0.150. The second-order valence-electron chi connectivity index (χ2n) is 6.97. The predicted molar refractivity (Wildman–Crippen MR) is 99.9 cm³/mol. The molecule has 5 unspecified atom stereocenters. The molecule has 28 heavy (non-hydrogen) atoms. The fraction of sp³-hybridized carbons (Fsp3) is 0.765. The van der Waals surface area contributed by atoms with Gasteiger partial charge in [-0.3, -0.25) is 14.4 Å². The summed E-state index contributed by atoms with van der Waals surface area (Å²) in [5, 5.41) is 34.1. The molecule has 8 N–H and O–H groups in total. The summed E-state index contributed by atoms with van der Waals surface area (Å²) < 4.78 is 0. The fourth-order valence-corrected chi connectivity index (χ4v) is 2.17. The first kappa shape index (κ1) is 25.8. The standard InChI is InChI=1S/C17H32N4O7/c1-5-9(4)13(21-15(25)12(18)8(2)3)16(26)19-10(6-22)14(24)20-11(7-23)17(27)28/h8-13,22-23H,5-7,18H2,1-4H3,(H,19,26)(H,20,24)(H,21,25)(H,27,28). The smallest absolute Gasteiger partial charge is 0.328 e. The van der Waals surface area contributed by atoms with Gasteiger partial charge in [-0.05, 0) is 11.8 Å². The zero-order chi connectivity index (χ0) is 22.0. The van der Waals surface area contributed by atoms with Gasteiger partial charge in [-0.1, -0.05) is 34.1 Å². The van der Waals surface area contributed by atoms with Crippen molar-refractivity contribution in [2.75, 3.05) is 13.2 Å². The fourth-order valence-electron chi connectivity index (χ4n) is 2.17. The normalized spacial score (nSPS) is 16.4. The average Bonchev–Trinajstić information content (AvgIpc) is 2.65. The second kappa shape index (κ2) is 12.3. The predicted octanol–water partition coefficient (Wildman–Crippen LogP) is -2.46. The lowest BCUT2D eigenvalue weighted by atomic mass is 9.96. The Balaban J connectivity index is 5.23. The molecule has 0 saturated carbocycles. The van der Waals surface area contributed by atoms with Gasteiger partial charge < -0.3 is 37.0 Å². The number of carbonyl (C=O) groups is 4. The van der Waals surface area contributed by atoms with E-state index in [0.29, 0.717) is 6.42 Å². The van der Waals surface area contributed by atoms with Gasteiger partial charge in [-0.2, -0.15) is 0 Å². The molecule has 5 atom stereocenters. The van der Waals surface area contributed by atoms with Crippen molar-refractivity contribution in [3.8, 4) is 0 Å². The molecule has 11 heteroatoms. The van der Waals surface area contributed by atoms with Crippen LogP contribution in [0.4, 0.5) is 0 Å². The molecule has 0 aliphatic heterocycles. The van der Waals surface area contributed by atoms with Gasteiger partial charge in [0.05, 0.1) is 19.3 Å². The lowest BCUT2D eigenvalue weighted by Crippen LogP contribution is -2.60. The molecule has 0 heterocycles. The van der Waals surface area contributed by atoms with E-state index < -0.39 is 61.1 Å². The summed E-state index contributed by atoms with van der Waals surface area (Å²) in [4.78, 5) is 47.8. The molecule has 0 aliphatic carbocycles. The molecule has 0 aliphatic rings. The Morgan fingerprint density at radius 3 is 1.75 bits per heavy atom. The molecule has 0 saturated heterocycles. The molecule has 0 fully saturated rings. The number of nitrogens with one attached hydrogen (secondary N) is 3. The van der Waals surface area contributed by atoms with E-state index in [1.807, 2.05) is 12.2 Å². The lowest BCUT2D eigenvalue weighted by Gasteiger charge is -2.27. The van der Waals surface area contributed by atoms with Crippen LogP contribution in [-0.2, 0) is 19.2 Å². The van der Waals surface area contributed by atoms with Crippen LogP contribution in [0.2, 0.25) is 0 Å². The third kappa shape index (κ3) is 7.79. The summed E-state index contributed by atoms with van der Waals surface area (Å²) in [6.07, 6.45) is 0.539. The Morgan fingerprint density at radius 2 is 1.36 bits per heavy atom. The number of rotatable bonds is 12. The van der Waals surface area contributed by atoms with Gasteiger partial charge in [0.15, 0.2) is 0 Å². The first-order chi connectivity index (χ1) is 13.0. The van der Waals surface area contributed by atoms with Crippen LogP contribution in [-0.4, -0.2) is 76.4 Å². The maximum Gasteiger partial charge on any atom is 0.328 e. The highest BCUT2D eigenvalue weighted by Gasteiger charge is 2.32. The SMILES string of the molecule is CCC(C)C(NC(=O)C(N)C(C)C)C(=O)NC(CO)C(=O)NC(CO)C(=O)O. The lowest BCUT2D eigenvalue weighted by molar-refractivity contribution is -0.143. The molecule has 0 spiro atoms. The highest BCUT2D eigenvalue weighted by Crippen LogP contribution is 2.10. The van der Waals surface area contributed by atoms with Gasteiger partial charge in [0.25, 0.3) is 0 Å². The second-order valence-corrected chi connectivity index (χ2v) is 6.97. The van der Waals surface area contributed by atoms with Crippen LogP contribution in [0.15, 0.2) is 0 Å². The highest BCUT2D eigenvalue weighted by molar-refractivity contribution is 5.94. The van der Waals surface area contributed by atoms with E-state index in [1.165, 1.54) is 0 Å². The summed E-state index contributed by atoms with van der Waals surface area (Å²) in [7, 11) is 0. The largest absolute Gasteiger partial charge is 0.480 e. The maximum atomic E-state index is 12.6. The summed E-state index contributed by atoms with van der Waals surface area (Å²) >= 11 is 0. The monoisotopic (exact) mass is 404 g/mol. The minimum atomic E-state index is -1.58. The van der Waals surface area contributed by atoms with Crippen molar-refractivity contribution in [2.24, 2.45) is 17.6 Å². The summed E-state index contributed by atoms with van der Waals surface area (Å²) in [6, 6.07) is -4.86. The van der Waals surface area contributed by atoms with Gasteiger partial charge >= 0.3 is 5.97 Å². The molecule has 0 bridgehead atoms. The maximum absolute atomic E-state index is 12.6.